The summed E-state index contributed by atoms with van der Waals surface area (Å²) in [5.41, 5.74) is 0. The Labute approximate surface area is 91.7 Å². The predicted octanol–water partition coefficient (Wildman–Crippen LogP) is 1.31. The Balaban J connectivity index is 0. The van der Waals surface area contributed by atoms with Gasteiger partial charge >= 0.3 is 0 Å². The van der Waals surface area contributed by atoms with Gasteiger partial charge in [-0.2, -0.15) is 11.8 Å². The molecule has 0 aromatic carbocycles. The number of carbonyl (C=O) groups excluding carboxylic acids is 1. The standard InChI is InChI=1S/C8H16O2S.C2H7N/c1-8(10)4-7-11-6-3-2-5-9;1-3-2/h9H,2-7H2,1H3;3H,1-2H3. The highest BCUT2D eigenvalue weighted by molar-refractivity contribution is 7.99. The Hall–Kier alpha value is -0.0600. The number of thioether (sulfide) groups is 1. The Morgan fingerprint density at radius 3 is 2.29 bits per heavy atom. The number of rotatable bonds is 7. The third-order valence-electron chi connectivity index (χ3n) is 1.30. The molecule has 0 atom stereocenters. The van der Waals surface area contributed by atoms with E-state index in [-0.39, 0.29) is 12.4 Å². The van der Waals surface area contributed by atoms with Crippen LogP contribution in [0.3, 0.4) is 0 Å². The van der Waals surface area contributed by atoms with E-state index in [4.69, 9.17) is 5.11 Å². The van der Waals surface area contributed by atoms with Gasteiger partial charge in [0, 0.05) is 18.8 Å². The second-order valence-electron chi connectivity index (χ2n) is 3.00. The van der Waals surface area contributed by atoms with E-state index in [1.54, 1.807) is 18.7 Å². The molecule has 0 fully saturated rings. The fourth-order valence-corrected chi connectivity index (χ4v) is 1.68. The minimum atomic E-state index is 0.264. The van der Waals surface area contributed by atoms with E-state index >= 15 is 0 Å². The van der Waals surface area contributed by atoms with Crippen LogP contribution in [0.2, 0.25) is 0 Å². The van der Waals surface area contributed by atoms with Crippen molar-refractivity contribution in [2.24, 2.45) is 0 Å². The SMILES string of the molecule is CC(=O)CCSCCCCO.CNC. The molecule has 0 bridgehead atoms. The number of ketones is 1. The third kappa shape index (κ3) is 22.7. The van der Waals surface area contributed by atoms with Crippen LogP contribution in [0.1, 0.15) is 26.2 Å². The van der Waals surface area contributed by atoms with E-state index in [0.717, 1.165) is 24.3 Å². The minimum Gasteiger partial charge on any atom is -0.396 e. The summed E-state index contributed by atoms with van der Waals surface area (Å²) in [6.45, 7) is 1.90. The number of hydrogen-bond donors (Lipinski definition) is 2. The van der Waals surface area contributed by atoms with E-state index in [9.17, 15) is 4.79 Å². The lowest BCUT2D eigenvalue weighted by Gasteiger charge is -1.97. The van der Waals surface area contributed by atoms with Crippen LogP contribution in [0.25, 0.3) is 0 Å². The smallest absolute Gasteiger partial charge is 0.130 e. The van der Waals surface area contributed by atoms with Crippen LogP contribution in [0, 0.1) is 0 Å². The molecule has 0 aromatic rings. The lowest BCUT2D eigenvalue weighted by atomic mass is 10.4. The highest BCUT2D eigenvalue weighted by atomic mass is 32.2. The number of Topliss-reactive ketones (excluding diaryl/α,β-unsaturated/α-hetero) is 1. The zero-order valence-corrected chi connectivity index (χ0v) is 10.3. The van der Waals surface area contributed by atoms with Gasteiger partial charge in [-0.25, -0.2) is 0 Å². The van der Waals surface area contributed by atoms with Gasteiger partial charge in [0.05, 0.1) is 0 Å². The molecule has 0 aliphatic heterocycles. The molecule has 0 rings (SSSR count). The third-order valence-corrected chi connectivity index (χ3v) is 2.37. The Bertz CT molecular complexity index is 121. The molecule has 0 saturated heterocycles. The fraction of sp³-hybridized carbons (Fsp3) is 0.900. The van der Waals surface area contributed by atoms with Crippen LogP contribution in [0.15, 0.2) is 0 Å². The topological polar surface area (TPSA) is 49.3 Å². The van der Waals surface area contributed by atoms with Gasteiger partial charge in [-0.1, -0.05) is 0 Å². The quantitative estimate of drug-likeness (QED) is 0.636. The number of hydrogen-bond acceptors (Lipinski definition) is 4. The van der Waals surface area contributed by atoms with Crippen molar-refractivity contribution in [3.63, 3.8) is 0 Å². The molecular weight excluding hydrogens is 198 g/mol. The van der Waals surface area contributed by atoms with Gasteiger partial charge in [-0.15, -0.1) is 0 Å². The van der Waals surface area contributed by atoms with Gasteiger partial charge in [-0.3, -0.25) is 4.79 Å². The summed E-state index contributed by atoms with van der Waals surface area (Å²) in [6, 6.07) is 0. The van der Waals surface area contributed by atoms with E-state index in [1.807, 2.05) is 14.1 Å². The molecule has 0 aliphatic carbocycles. The summed E-state index contributed by atoms with van der Waals surface area (Å²) in [6.07, 6.45) is 2.62. The summed E-state index contributed by atoms with van der Waals surface area (Å²) in [7, 11) is 3.75. The van der Waals surface area contributed by atoms with Gasteiger partial charge < -0.3 is 10.4 Å². The van der Waals surface area contributed by atoms with Crippen molar-refractivity contribution in [1.82, 2.24) is 5.32 Å². The number of carbonyl (C=O) groups is 1. The average molecular weight is 221 g/mol. The minimum absolute atomic E-state index is 0.264. The van der Waals surface area contributed by atoms with Gasteiger partial charge in [0.25, 0.3) is 0 Å². The first kappa shape index (κ1) is 16.4. The van der Waals surface area contributed by atoms with Crippen molar-refractivity contribution in [1.29, 1.82) is 0 Å². The Kier molecular flexibility index (Phi) is 18.0. The molecular formula is C10H23NO2S. The molecule has 14 heavy (non-hydrogen) atoms. The maximum atomic E-state index is 10.5. The fourth-order valence-electron chi connectivity index (χ4n) is 0.634. The number of nitrogens with one attached hydrogen (secondary N) is 1. The molecule has 86 valence electrons. The Morgan fingerprint density at radius 2 is 1.86 bits per heavy atom. The van der Waals surface area contributed by atoms with Gasteiger partial charge in [0.2, 0.25) is 0 Å². The van der Waals surface area contributed by atoms with E-state index in [2.05, 4.69) is 5.32 Å². The molecule has 0 aromatic heterocycles. The van der Waals surface area contributed by atoms with Crippen molar-refractivity contribution in [2.75, 3.05) is 32.2 Å². The van der Waals surface area contributed by atoms with E-state index in [1.165, 1.54) is 0 Å². The second-order valence-corrected chi connectivity index (χ2v) is 4.22. The maximum absolute atomic E-state index is 10.5. The molecule has 4 heteroatoms. The molecule has 0 radical (unpaired) electrons. The number of aliphatic hydroxyl groups excluding tert-OH is 1. The second kappa shape index (κ2) is 15.4. The summed E-state index contributed by atoms with van der Waals surface area (Å²) >= 11 is 1.79. The molecule has 2 N–H and O–H groups in total. The summed E-state index contributed by atoms with van der Waals surface area (Å²) < 4.78 is 0. The molecule has 3 nitrogen and oxygen atoms in total. The first-order chi connectivity index (χ1) is 6.68. The van der Waals surface area contributed by atoms with E-state index < -0.39 is 0 Å². The molecule has 0 heterocycles. The lowest BCUT2D eigenvalue weighted by Crippen LogP contribution is -1.93. The average Bonchev–Trinajstić information content (AvgIpc) is 2.12. The van der Waals surface area contributed by atoms with Crippen LogP contribution in [0.5, 0.6) is 0 Å². The zero-order valence-electron chi connectivity index (χ0n) is 9.51. The zero-order chi connectivity index (χ0) is 11.2. The molecule has 0 saturated carbocycles. The van der Waals surface area contributed by atoms with Gasteiger partial charge in [-0.05, 0) is 39.6 Å². The van der Waals surface area contributed by atoms with Crippen LogP contribution in [0.4, 0.5) is 0 Å². The number of aliphatic hydroxyl groups is 1. The largest absolute Gasteiger partial charge is 0.396 e. The first-order valence-corrected chi connectivity index (χ1v) is 6.11. The highest BCUT2D eigenvalue weighted by Crippen LogP contribution is 2.05. The molecule has 0 unspecified atom stereocenters. The van der Waals surface area contributed by atoms with Crippen molar-refractivity contribution in [3.8, 4) is 0 Å². The predicted molar refractivity (Wildman–Crippen MR) is 63.9 cm³/mol. The maximum Gasteiger partial charge on any atom is 0.130 e. The first-order valence-electron chi connectivity index (χ1n) is 4.95. The van der Waals surface area contributed by atoms with Crippen LogP contribution in [-0.4, -0.2) is 43.1 Å². The number of unbranched alkanes of at least 4 members (excludes halogenated alkanes) is 1. The van der Waals surface area contributed by atoms with Crippen molar-refractivity contribution in [3.05, 3.63) is 0 Å². The van der Waals surface area contributed by atoms with Crippen molar-refractivity contribution in [2.45, 2.75) is 26.2 Å². The lowest BCUT2D eigenvalue weighted by molar-refractivity contribution is -0.116. The van der Waals surface area contributed by atoms with Crippen LogP contribution < -0.4 is 5.32 Å². The van der Waals surface area contributed by atoms with E-state index in [0.29, 0.717) is 6.42 Å². The summed E-state index contributed by atoms with van der Waals surface area (Å²) in [4.78, 5) is 10.5. The summed E-state index contributed by atoms with van der Waals surface area (Å²) in [5.74, 6) is 2.26. The molecule has 0 aliphatic rings. The van der Waals surface area contributed by atoms with Gasteiger partial charge in [0.15, 0.2) is 0 Å². The molecule has 0 spiro atoms. The monoisotopic (exact) mass is 221 g/mol. The van der Waals surface area contributed by atoms with Crippen LogP contribution >= 0.6 is 11.8 Å². The summed E-state index contributed by atoms with van der Waals surface area (Å²) in [5, 5.41) is 11.2. The van der Waals surface area contributed by atoms with Crippen LogP contribution in [-0.2, 0) is 4.79 Å². The highest BCUT2D eigenvalue weighted by Gasteiger charge is 1.93. The van der Waals surface area contributed by atoms with Crippen molar-refractivity contribution >= 4 is 17.5 Å². The van der Waals surface area contributed by atoms with Gasteiger partial charge in [0.1, 0.15) is 5.78 Å². The van der Waals surface area contributed by atoms with Crippen molar-refractivity contribution < 1.29 is 9.90 Å². The normalized spacial score (nSPS) is 9.14. The molecule has 0 amide bonds. The Morgan fingerprint density at radius 1 is 1.29 bits per heavy atom.